The van der Waals surface area contributed by atoms with Crippen molar-refractivity contribution < 1.29 is 13.5 Å². The Labute approximate surface area is 102 Å². The SMILES string of the molecule is O=S1(=O)CCCCN1CC(O)c1ccccc1. The van der Waals surface area contributed by atoms with Crippen LogP contribution in [0.25, 0.3) is 0 Å². The maximum absolute atomic E-state index is 11.8. The van der Waals surface area contributed by atoms with Crippen molar-refractivity contribution in [2.75, 3.05) is 18.8 Å². The zero-order valence-electron chi connectivity index (χ0n) is 9.62. The van der Waals surface area contributed by atoms with Gasteiger partial charge >= 0.3 is 0 Å². The van der Waals surface area contributed by atoms with Gasteiger partial charge in [0.05, 0.1) is 11.9 Å². The molecule has 1 fully saturated rings. The van der Waals surface area contributed by atoms with Crippen molar-refractivity contribution in [2.45, 2.75) is 18.9 Å². The molecular weight excluding hydrogens is 238 g/mol. The van der Waals surface area contributed by atoms with Gasteiger partial charge in [0.25, 0.3) is 0 Å². The molecule has 1 aliphatic rings. The summed E-state index contributed by atoms with van der Waals surface area (Å²) in [6, 6.07) is 9.16. The lowest BCUT2D eigenvalue weighted by atomic mass is 10.1. The number of sulfonamides is 1. The molecule has 2 rings (SSSR count). The van der Waals surface area contributed by atoms with Gasteiger partial charge in [0.1, 0.15) is 0 Å². The summed E-state index contributed by atoms with van der Waals surface area (Å²) < 4.78 is 24.9. The highest BCUT2D eigenvalue weighted by atomic mass is 32.2. The molecule has 1 atom stereocenters. The van der Waals surface area contributed by atoms with Crippen molar-refractivity contribution in [2.24, 2.45) is 0 Å². The van der Waals surface area contributed by atoms with E-state index in [1.807, 2.05) is 18.2 Å². The van der Waals surface area contributed by atoms with Crippen LogP contribution in [0.2, 0.25) is 0 Å². The van der Waals surface area contributed by atoms with Crippen molar-refractivity contribution in [3.05, 3.63) is 35.9 Å². The molecule has 0 aromatic heterocycles. The Morgan fingerprint density at radius 1 is 1.24 bits per heavy atom. The topological polar surface area (TPSA) is 57.6 Å². The molecule has 0 amide bonds. The molecule has 1 aromatic carbocycles. The fraction of sp³-hybridized carbons (Fsp3) is 0.500. The molecule has 1 aliphatic heterocycles. The van der Waals surface area contributed by atoms with Crippen LogP contribution in [-0.2, 0) is 10.0 Å². The number of β-amino-alcohol motifs (C(OH)–C–C–N with tert-alkyl or cyclic N) is 1. The van der Waals surface area contributed by atoms with E-state index in [-0.39, 0.29) is 12.3 Å². The van der Waals surface area contributed by atoms with Crippen LogP contribution in [0.4, 0.5) is 0 Å². The lowest BCUT2D eigenvalue weighted by Crippen LogP contribution is -2.40. The Morgan fingerprint density at radius 2 is 1.94 bits per heavy atom. The average molecular weight is 255 g/mol. The van der Waals surface area contributed by atoms with E-state index in [4.69, 9.17) is 0 Å². The summed E-state index contributed by atoms with van der Waals surface area (Å²) in [4.78, 5) is 0. The van der Waals surface area contributed by atoms with Gasteiger partial charge in [-0.25, -0.2) is 8.42 Å². The largest absolute Gasteiger partial charge is 0.387 e. The molecule has 1 N–H and O–H groups in total. The summed E-state index contributed by atoms with van der Waals surface area (Å²) in [5.74, 6) is 0.203. The summed E-state index contributed by atoms with van der Waals surface area (Å²) in [6.45, 7) is 0.679. The van der Waals surface area contributed by atoms with Crippen LogP contribution in [0, 0.1) is 0 Å². The van der Waals surface area contributed by atoms with Crippen LogP contribution in [-0.4, -0.2) is 36.7 Å². The fourth-order valence-corrected chi connectivity index (χ4v) is 3.62. The Hall–Kier alpha value is -0.910. The number of nitrogens with zero attached hydrogens (tertiary/aromatic N) is 1. The maximum atomic E-state index is 11.8. The van der Waals surface area contributed by atoms with E-state index in [2.05, 4.69) is 0 Å². The minimum absolute atomic E-state index is 0.159. The predicted octanol–water partition coefficient (Wildman–Crippen LogP) is 1.15. The van der Waals surface area contributed by atoms with E-state index in [1.165, 1.54) is 4.31 Å². The molecule has 1 heterocycles. The van der Waals surface area contributed by atoms with Gasteiger partial charge in [-0.05, 0) is 18.4 Å². The third kappa shape index (κ3) is 3.06. The summed E-state index contributed by atoms with van der Waals surface area (Å²) in [6.07, 6.45) is 0.852. The minimum atomic E-state index is -3.15. The molecule has 94 valence electrons. The van der Waals surface area contributed by atoms with Gasteiger partial charge in [-0.1, -0.05) is 30.3 Å². The highest BCUT2D eigenvalue weighted by molar-refractivity contribution is 7.89. The van der Waals surface area contributed by atoms with Gasteiger partial charge in [-0.2, -0.15) is 4.31 Å². The van der Waals surface area contributed by atoms with Crippen molar-refractivity contribution in [3.8, 4) is 0 Å². The van der Waals surface area contributed by atoms with Crippen LogP contribution in [0.1, 0.15) is 24.5 Å². The van der Waals surface area contributed by atoms with Gasteiger partial charge in [-0.15, -0.1) is 0 Å². The van der Waals surface area contributed by atoms with Gasteiger partial charge in [0.15, 0.2) is 0 Å². The second kappa shape index (κ2) is 5.16. The van der Waals surface area contributed by atoms with Crippen molar-refractivity contribution in [1.29, 1.82) is 0 Å². The first-order chi connectivity index (χ1) is 8.09. The van der Waals surface area contributed by atoms with E-state index in [0.717, 1.165) is 18.4 Å². The molecule has 1 saturated heterocycles. The first-order valence-corrected chi connectivity index (χ1v) is 7.41. The maximum Gasteiger partial charge on any atom is 0.214 e. The van der Waals surface area contributed by atoms with E-state index >= 15 is 0 Å². The molecule has 17 heavy (non-hydrogen) atoms. The molecule has 0 saturated carbocycles. The second-order valence-electron chi connectivity index (χ2n) is 4.31. The highest BCUT2D eigenvalue weighted by Crippen LogP contribution is 2.19. The lowest BCUT2D eigenvalue weighted by molar-refractivity contribution is 0.145. The van der Waals surface area contributed by atoms with E-state index in [9.17, 15) is 13.5 Å². The van der Waals surface area contributed by atoms with E-state index in [0.29, 0.717) is 6.54 Å². The Kier molecular flexibility index (Phi) is 3.81. The zero-order chi connectivity index (χ0) is 12.3. The Balaban J connectivity index is 2.06. The number of aliphatic hydroxyl groups is 1. The standard InChI is InChI=1S/C12H17NO3S/c14-12(11-6-2-1-3-7-11)10-13-8-4-5-9-17(13,15)16/h1-3,6-7,12,14H,4-5,8-10H2. The van der Waals surface area contributed by atoms with Crippen LogP contribution < -0.4 is 0 Å². The summed E-state index contributed by atoms with van der Waals surface area (Å²) in [5.41, 5.74) is 0.758. The average Bonchev–Trinajstić information content (AvgIpc) is 2.33. The van der Waals surface area contributed by atoms with E-state index in [1.54, 1.807) is 12.1 Å². The van der Waals surface area contributed by atoms with Gasteiger partial charge in [0, 0.05) is 13.1 Å². The summed E-state index contributed by atoms with van der Waals surface area (Å²) in [7, 11) is -3.15. The number of aliphatic hydroxyl groups excluding tert-OH is 1. The second-order valence-corrected chi connectivity index (χ2v) is 6.40. The molecule has 0 spiro atoms. The Bertz CT molecular complexity index is 458. The van der Waals surface area contributed by atoms with Crippen LogP contribution in [0.15, 0.2) is 30.3 Å². The lowest BCUT2D eigenvalue weighted by Gasteiger charge is -2.28. The van der Waals surface area contributed by atoms with Crippen molar-refractivity contribution >= 4 is 10.0 Å². The first kappa shape index (κ1) is 12.5. The number of hydrogen-bond acceptors (Lipinski definition) is 3. The first-order valence-electron chi connectivity index (χ1n) is 5.80. The molecular formula is C12H17NO3S. The monoisotopic (exact) mass is 255 g/mol. The van der Waals surface area contributed by atoms with Crippen LogP contribution in [0.3, 0.4) is 0 Å². The van der Waals surface area contributed by atoms with E-state index < -0.39 is 16.1 Å². The van der Waals surface area contributed by atoms with Crippen molar-refractivity contribution in [3.63, 3.8) is 0 Å². The third-order valence-corrected chi connectivity index (χ3v) is 4.94. The van der Waals surface area contributed by atoms with Crippen LogP contribution in [0.5, 0.6) is 0 Å². The quantitative estimate of drug-likeness (QED) is 0.881. The molecule has 5 heteroatoms. The van der Waals surface area contributed by atoms with Gasteiger partial charge in [-0.3, -0.25) is 0 Å². The van der Waals surface area contributed by atoms with Gasteiger partial charge < -0.3 is 5.11 Å². The third-order valence-electron chi connectivity index (χ3n) is 3.01. The zero-order valence-corrected chi connectivity index (χ0v) is 10.4. The molecule has 4 nitrogen and oxygen atoms in total. The number of hydrogen-bond donors (Lipinski definition) is 1. The Morgan fingerprint density at radius 3 is 2.59 bits per heavy atom. The number of rotatable bonds is 3. The molecule has 0 radical (unpaired) electrons. The number of benzene rings is 1. The van der Waals surface area contributed by atoms with Crippen molar-refractivity contribution in [1.82, 2.24) is 4.31 Å². The summed E-state index contributed by atoms with van der Waals surface area (Å²) in [5, 5.41) is 10.00. The predicted molar refractivity (Wildman–Crippen MR) is 66.0 cm³/mol. The summed E-state index contributed by atoms with van der Waals surface area (Å²) >= 11 is 0. The minimum Gasteiger partial charge on any atom is -0.387 e. The molecule has 0 aliphatic carbocycles. The van der Waals surface area contributed by atoms with Gasteiger partial charge in [0.2, 0.25) is 10.0 Å². The van der Waals surface area contributed by atoms with Crippen LogP contribution >= 0.6 is 0 Å². The fourth-order valence-electron chi connectivity index (χ4n) is 2.02. The molecule has 0 bridgehead atoms. The smallest absolute Gasteiger partial charge is 0.214 e. The normalized spacial score (nSPS) is 22.2. The highest BCUT2D eigenvalue weighted by Gasteiger charge is 2.27. The molecule has 1 unspecified atom stereocenters. The molecule has 1 aromatic rings.